The summed E-state index contributed by atoms with van der Waals surface area (Å²) in [6, 6.07) is 1.97. The van der Waals surface area contributed by atoms with Crippen molar-refractivity contribution in [2.45, 2.75) is 33.2 Å². The average molecular weight is 265 g/mol. The normalized spacial score (nSPS) is 13.4. The fourth-order valence-corrected chi connectivity index (χ4v) is 1.60. The minimum atomic E-state index is -1.03. The molecule has 2 amide bonds. The molecular weight excluding hydrogens is 246 g/mol. The zero-order chi connectivity index (χ0) is 14.4. The van der Waals surface area contributed by atoms with Crippen LogP contribution in [-0.4, -0.2) is 28.1 Å². The topological polar surface area (TPSA) is 91.3 Å². The van der Waals surface area contributed by atoms with Gasteiger partial charge in [-0.2, -0.15) is 0 Å². The van der Waals surface area contributed by atoms with Crippen LogP contribution in [-0.2, 0) is 4.79 Å². The molecule has 1 heterocycles. The number of carboxylic acids is 1. The van der Waals surface area contributed by atoms with Crippen molar-refractivity contribution in [3.05, 3.63) is 24.0 Å². The van der Waals surface area contributed by atoms with Crippen molar-refractivity contribution >= 4 is 17.7 Å². The molecule has 104 valence electrons. The molecule has 0 radical (unpaired) electrons. The van der Waals surface area contributed by atoms with Gasteiger partial charge in [0.2, 0.25) is 0 Å². The highest BCUT2D eigenvalue weighted by molar-refractivity contribution is 5.92. The van der Waals surface area contributed by atoms with Crippen LogP contribution in [0.3, 0.4) is 0 Å². The molecule has 0 saturated heterocycles. The van der Waals surface area contributed by atoms with E-state index in [-0.39, 0.29) is 5.92 Å². The van der Waals surface area contributed by atoms with E-state index in [0.29, 0.717) is 17.8 Å². The lowest BCUT2D eigenvalue weighted by Crippen LogP contribution is -2.46. The Kier molecular flexibility index (Phi) is 5.29. The van der Waals surface area contributed by atoms with E-state index in [9.17, 15) is 9.59 Å². The summed E-state index contributed by atoms with van der Waals surface area (Å²) in [7, 11) is 0. The van der Waals surface area contributed by atoms with Gasteiger partial charge in [0.1, 0.15) is 6.04 Å². The van der Waals surface area contributed by atoms with Crippen LogP contribution in [0, 0.1) is 12.8 Å². The third kappa shape index (κ3) is 4.24. The summed E-state index contributed by atoms with van der Waals surface area (Å²) in [6.45, 7) is 5.43. The number of anilines is 1. The molecule has 1 aromatic rings. The molecule has 3 N–H and O–H groups in total. The number of hydrogen-bond acceptors (Lipinski definition) is 3. The van der Waals surface area contributed by atoms with Crippen molar-refractivity contribution in [3.63, 3.8) is 0 Å². The molecule has 0 fully saturated rings. The van der Waals surface area contributed by atoms with Crippen LogP contribution in [0.2, 0.25) is 0 Å². The molecule has 0 saturated carbocycles. The Morgan fingerprint density at radius 2 is 2.16 bits per heavy atom. The standard InChI is InChI=1S/C13H19N3O3/c1-4-8(2)11(12(17)18)16-13(19)15-10-6-5-7-14-9(10)3/h5-8,11H,4H2,1-3H3,(H,17,18)(H2,15,16,19). The third-order valence-corrected chi connectivity index (χ3v) is 3.02. The van der Waals surface area contributed by atoms with E-state index in [0.717, 1.165) is 0 Å². The quantitative estimate of drug-likeness (QED) is 0.759. The van der Waals surface area contributed by atoms with Crippen molar-refractivity contribution in [2.24, 2.45) is 5.92 Å². The van der Waals surface area contributed by atoms with Gasteiger partial charge in [-0.25, -0.2) is 9.59 Å². The highest BCUT2D eigenvalue weighted by Crippen LogP contribution is 2.11. The van der Waals surface area contributed by atoms with E-state index < -0.39 is 18.0 Å². The van der Waals surface area contributed by atoms with Crippen LogP contribution < -0.4 is 10.6 Å². The van der Waals surface area contributed by atoms with Gasteiger partial charge in [-0.15, -0.1) is 0 Å². The summed E-state index contributed by atoms with van der Waals surface area (Å²) < 4.78 is 0. The lowest BCUT2D eigenvalue weighted by Gasteiger charge is -2.20. The predicted octanol–water partition coefficient (Wildman–Crippen LogP) is 2.01. The molecule has 19 heavy (non-hydrogen) atoms. The number of nitrogens with one attached hydrogen (secondary N) is 2. The number of hydrogen-bond donors (Lipinski definition) is 3. The van der Waals surface area contributed by atoms with Gasteiger partial charge in [0, 0.05) is 6.20 Å². The van der Waals surface area contributed by atoms with Crippen molar-refractivity contribution < 1.29 is 14.7 Å². The summed E-state index contributed by atoms with van der Waals surface area (Å²) in [5.41, 5.74) is 1.24. The van der Waals surface area contributed by atoms with E-state index >= 15 is 0 Å². The minimum Gasteiger partial charge on any atom is -0.480 e. The lowest BCUT2D eigenvalue weighted by molar-refractivity contribution is -0.140. The van der Waals surface area contributed by atoms with E-state index in [2.05, 4.69) is 15.6 Å². The van der Waals surface area contributed by atoms with Gasteiger partial charge in [-0.1, -0.05) is 20.3 Å². The summed E-state index contributed by atoms with van der Waals surface area (Å²) in [4.78, 5) is 26.9. The largest absolute Gasteiger partial charge is 0.480 e. The van der Waals surface area contributed by atoms with Gasteiger partial charge >= 0.3 is 12.0 Å². The van der Waals surface area contributed by atoms with Gasteiger partial charge in [-0.05, 0) is 25.0 Å². The number of aromatic nitrogens is 1. The maximum Gasteiger partial charge on any atom is 0.326 e. The molecule has 0 aliphatic rings. The Morgan fingerprint density at radius 1 is 1.47 bits per heavy atom. The van der Waals surface area contributed by atoms with Crippen molar-refractivity contribution in [1.29, 1.82) is 0 Å². The zero-order valence-electron chi connectivity index (χ0n) is 11.3. The second-order valence-corrected chi connectivity index (χ2v) is 4.44. The molecule has 0 bridgehead atoms. The van der Waals surface area contributed by atoms with Crippen molar-refractivity contribution in [3.8, 4) is 0 Å². The summed E-state index contributed by atoms with van der Waals surface area (Å²) in [6.07, 6.45) is 2.29. The number of aryl methyl sites for hydroxylation is 1. The Labute approximate surface area is 112 Å². The maximum atomic E-state index is 11.8. The predicted molar refractivity (Wildman–Crippen MR) is 72.0 cm³/mol. The smallest absolute Gasteiger partial charge is 0.326 e. The van der Waals surface area contributed by atoms with Crippen LogP contribution in [0.5, 0.6) is 0 Å². The van der Waals surface area contributed by atoms with Gasteiger partial charge in [0.15, 0.2) is 0 Å². The molecule has 0 spiro atoms. The number of carbonyl (C=O) groups is 2. The van der Waals surface area contributed by atoms with Gasteiger partial charge < -0.3 is 15.7 Å². The van der Waals surface area contributed by atoms with Gasteiger partial charge in [-0.3, -0.25) is 4.98 Å². The number of rotatable bonds is 5. The number of urea groups is 1. The van der Waals surface area contributed by atoms with Crippen LogP contribution in [0.4, 0.5) is 10.5 Å². The summed E-state index contributed by atoms with van der Waals surface area (Å²) in [5, 5.41) is 14.2. The van der Waals surface area contributed by atoms with E-state index in [1.54, 1.807) is 32.2 Å². The number of amides is 2. The van der Waals surface area contributed by atoms with Crippen LogP contribution >= 0.6 is 0 Å². The first-order chi connectivity index (χ1) is 8.95. The fraction of sp³-hybridized carbons (Fsp3) is 0.462. The maximum absolute atomic E-state index is 11.8. The van der Waals surface area contributed by atoms with Crippen molar-refractivity contribution in [2.75, 3.05) is 5.32 Å². The zero-order valence-corrected chi connectivity index (χ0v) is 11.3. The number of pyridine rings is 1. The Balaban J connectivity index is 2.68. The number of nitrogens with zero attached hydrogens (tertiary/aromatic N) is 1. The van der Waals surface area contributed by atoms with Gasteiger partial charge in [0.05, 0.1) is 11.4 Å². The number of carboxylic acid groups (broad SMARTS) is 1. The molecule has 2 atom stereocenters. The first-order valence-electron chi connectivity index (χ1n) is 6.17. The fourth-order valence-electron chi connectivity index (χ4n) is 1.60. The van der Waals surface area contributed by atoms with E-state index in [1.165, 1.54) is 0 Å². The second-order valence-electron chi connectivity index (χ2n) is 4.44. The molecule has 1 aromatic heterocycles. The van der Waals surface area contributed by atoms with Crippen molar-refractivity contribution in [1.82, 2.24) is 10.3 Å². The molecule has 6 nitrogen and oxygen atoms in total. The summed E-state index contributed by atoms with van der Waals surface area (Å²) >= 11 is 0. The molecule has 0 aliphatic carbocycles. The highest BCUT2D eigenvalue weighted by Gasteiger charge is 2.25. The molecule has 0 aromatic carbocycles. The summed E-state index contributed by atoms with van der Waals surface area (Å²) in [5.74, 6) is -1.18. The Hall–Kier alpha value is -2.11. The first-order valence-corrected chi connectivity index (χ1v) is 6.17. The molecule has 0 aliphatic heterocycles. The van der Waals surface area contributed by atoms with Gasteiger partial charge in [0.25, 0.3) is 0 Å². The monoisotopic (exact) mass is 265 g/mol. The minimum absolute atomic E-state index is 0.141. The van der Waals surface area contributed by atoms with Crippen LogP contribution in [0.1, 0.15) is 26.0 Å². The molecule has 1 rings (SSSR count). The first kappa shape index (κ1) is 14.9. The third-order valence-electron chi connectivity index (χ3n) is 3.02. The average Bonchev–Trinajstić information content (AvgIpc) is 2.37. The number of aliphatic carboxylic acids is 1. The van der Waals surface area contributed by atoms with Crippen LogP contribution in [0.15, 0.2) is 18.3 Å². The number of carbonyl (C=O) groups excluding carboxylic acids is 1. The van der Waals surface area contributed by atoms with Crippen LogP contribution in [0.25, 0.3) is 0 Å². The van der Waals surface area contributed by atoms with E-state index in [1.807, 2.05) is 6.92 Å². The highest BCUT2D eigenvalue weighted by atomic mass is 16.4. The Bertz CT molecular complexity index is 462. The SMILES string of the molecule is CCC(C)C(NC(=O)Nc1cccnc1C)C(=O)O. The molecule has 2 unspecified atom stereocenters. The van der Waals surface area contributed by atoms with E-state index in [4.69, 9.17) is 5.11 Å². The Morgan fingerprint density at radius 3 is 2.68 bits per heavy atom. The molecular formula is C13H19N3O3. The molecule has 6 heteroatoms. The lowest BCUT2D eigenvalue weighted by atomic mass is 9.99. The second kappa shape index (κ2) is 6.72.